The van der Waals surface area contributed by atoms with Crippen LogP contribution in [0.15, 0.2) is 0 Å². The van der Waals surface area contributed by atoms with Crippen LogP contribution in [0.3, 0.4) is 0 Å². The molecular formula is C10H21N3O. The van der Waals surface area contributed by atoms with Gasteiger partial charge in [0.1, 0.15) is 0 Å². The average Bonchev–Trinajstić information content (AvgIpc) is 2.69. The fourth-order valence-electron chi connectivity index (χ4n) is 1.62. The number of likely N-dealkylation sites (N-methyl/N-ethyl adjacent to an activating group) is 1. The van der Waals surface area contributed by atoms with Gasteiger partial charge in [0, 0.05) is 25.7 Å². The van der Waals surface area contributed by atoms with E-state index in [1.807, 2.05) is 23.8 Å². The molecule has 4 heteroatoms. The molecule has 4 nitrogen and oxygen atoms in total. The predicted molar refractivity (Wildman–Crippen MR) is 57.0 cm³/mol. The fraction of sp³-hybridized carbons (Fsp3) is 0.900. The minimum Gasteiger partial charge on any atom is -0.342 e. The number of rotatable bonds is 4. The molecule has 1 unspecified atom stereocenters. The highest BCUT2D eigenvalue weighted by molar-refractivity contribution is 5.78. The van der Waals surface area contributed by atoms with Crippen molar-refractivity contribution in [2.75, 3.05) is 33.2 Å². The first-order valence-corrected chi connectivity index (χ1v) is 5.33. The molecular weight excluding hydrogens is 178 g/mol. The Bertz CT molecular complexity index is 190. The largest absolute Gasteiger partial charge is 0.342 e. The highest BCUT2D eigenvalue weighted by atomic mass is 16.2. The van der Waals surface area contributed by atoms with E-state index in [2.05, 4.69) is 0 Å². The normalized spacial score (nSPS) is 19.0. The smallest absolute Gasteiger partial charge is 0.236 e. The second-order valence-corrected chi connectivity index (χ2v) is 4.09. The average molecular weight is 199 g/mol. The van der Waals surface area contributed by atoms with Crippen LogP contribution in [0.2, 0.25) is 0 Å². The minimum atomic E-state index is 0.241. The van der Waals surface area contributed by atoms with Crippen LogP contribution < -0.4 is 5.73 Å². The maximum absolute atomic E-state index is 11.7. The zero-order valence-electron chi connectivity index (χ0n) is 9.20. The molecule has 14 heavy (non-hydrogen) atoms. The highest BCUT2D eigenvalue weighted by Crippen LogP contribution is 2.08. The van der Waals surface area contributed by atoms with Gasteiger partial charge in [-0.1, -0.05) is 0 Å². The van der Waals surface area contributed by atoms with Gasteiger partial charge < -0.3 is 10.6 Å². The molecule has 0 aliphatic carbocycles. The van der Waals surface area contributed by atoms with E-state index in [-0.39, 0.29) is 11.9 Å². The first-order valence-electron chi connectivity index (χ1n) is 5.33. The Morgan fingerprint density at radius 1 is 1.50 bits per heavy atom. The van der Waals surface area contributed by atoms with Crippen molar-refractivity contribution in [1.82, 2.24) is 9.80 Å². The van der Waals surface area contributed by atoms with E-state index >= 15 is 0 Å². The van der Waals surface area contributed by atoms with Crippen molar-refractivity contribution in [3.05, 3.63) is 0 Å². The molecule has 1 fully saturated rings. The number of hydrogen-bond donors (Lipinski definition) is 1. The number of nitrogens with two attached hydrogens (primary N) is 1. The molecule has 0 aromatic rings. The van der Waals surface area contributed by atoms with Crippen molar-refractivity contribution in [1.29, 1.82) is 0 Å². The molecule has 1 atom stereocenters. The van der Waals surface area contributed by atoms with Crippen molar-refractivity contribution in [3.8, 4) is 0 Å². The topological polar surface area (TPSA) is 49.6 Å². The Hall–Kier alpha value is -0.610. The summed E-state index contributed by atoms with van der Waals surface area (Å²) in [5.41, 5.74) is 5.54. The number of carbonyl (C=O) groups is 1. The number of amides is 1. The predicted octanol–water partition coefficient (Wildman–Crippen LogP) is -0.112. The van der Waals surface area contributed by atoms with Gasteiger partial charge in [-0.05, 0) is 26.8 Å². The Morgan fingerprint density at radius 2 is 2.07 bits per heavy atom. The molecule has 0 radical (unpaired) electrons. The summed E-state index contributed by atoms with van der Waals surface area (Å²) in [6, 6.07) is 0.279. The Kier molecular flexibility index (Phi) is 4.35. The van der Waals surface area contributed by atoms with Crippen LogP contribution in [0, 0.1) is 0 Å². The summed E-state index contributed by atoms with van der Waals surface area (Å²) in [6.45, 7) is 5.01. The lowest BCUT2D eigenvalue weighted by atomic mass is 10.3. The summed E-state index contributed by atoms with van der Waals surface area (Å²) in [5, 5.41) is 0. The third-order valence-corrected chi connectivity index (χ3v) is 2.94. The molecule has 0 bridgehead atoms. The number of carbonyl (C=O) groups excluding carboxylic acids is 1. The standard InChI is InChI=1S/C10H21N3O/c1-9(7-11)12(2)8-10(14)13-5-3-4-6-13/h9H,3-8,11H2,1-2H3. The van der Waals surface area contributed by atoms with E-state index < -0.39 is 0 Å². The molecule has 0 aromatic heterocycles. The van der Waals surface area contributed by atoms with Crippen LogP contribution in [-0.4, -0.2) is 55.0 Å². The van der Waals surface area contributed by atoms with Crippen LogP contribution in [0.1, 0.15) is 19.8 Å². The van der Waals surface area contributed by atoms with Crippen LogP contribution in [0.25, 0.3) is 0 Å². The molecule has 1 aliphatic heterocycles. The van der Waals surface area contributed by atoms with E-state index in [0.29, 0.717) is 13.1 Å². The van der Waals surface area contributed by atoms with Gasteiger partial charge in [-0.15, -0.1) is 0 Å². The number of hydrogen-bond acceptors (Lipinski definition) is 3. The molecule has 82 valence electrons. The summed E-state index contributed by atoms with van der Waals surface area (Å²) in [4.78, 5) is 15.7. The third-order valence-electron chi connectivity index (χ3n) is 2.94. The van der Waals surface area contributed by atoms with Gasteiger partial charge in [0.15, 0.2) is 0 Å². The molecule has 0 saturated carbocycles. The second kappa shape index (κ2) is 5.32. The van der Waals surface area contributed by atoms with Crippen LogP contribution in [-0.2, 0) is 4.79 Å². The lowest BCUT2D eigenvalue weighted by Gasteiger charge is -2.25. The Morgan fingerprint density at radius 3 is 2.57 bits per heavy atom. The van der Waals surface area contributed by atoms with Gasteiger partial charge >= 0.3 is 0 Å². The first-order chi connectivity index (χ1) is 6.65. The molecule has 1 amide bonds. The number of likely N-dealkylation sites (tertiary alicyclic amines) is 1. The molecule has 0 aromatic carbocycles. The fourth-order valence-corrected chi connectivity index (χ4v) is 1.62. The van der Waals surface area contributed by atoms with Crippen LogP contribution in [0.5, 0.6) is 0 Å². The van der Waals surface area contributed by atoms with E-state index in [0.717, 1.165) is 25.9 Å². The SMILES string of the molecule is CC(CN)N(C)CC(=O)N1CCCC1. The van der Waals surface area contributed by atoms with Gasteiger partial charge in [0.25, 0.3) is 0 Å². The van der Waals surface area contributed by atoms with Gasteiger partial charge in [-0.25, -0.2) is 0 Å². The van der Waals surface area contributed by atoms with Crippen molar-refractivity contribution < 1.29 is 4.79 Å². The van der Waals surface area contributed by atoms with Gasteiger partial charge in [0.2, 0.25) is 5.91 Å². The van der Waals surface area contributed by atoms with Gasteiger partial charge in [0.05, 0.1) is 6.54 Å². The third kappa shape index (κ3) is 2.96. The van der Waals surface area contributed by atoms with Gasteiger partial charge in [-0.3, -0.25) is 9.69 Å². The van der Waals surface area contributed by atoms with Gasteiger partial charge in [-0.2, -0.15) is 0 Å². The first kappa shape index (κ1) is 11.5. The molecule has 1 aliphatic rings. The summed E-state index contributed by atoms with van der Waals surface area (Å²) in [5.74, 6) is 0.241. The summed E-state index contributed by atoms with van der Waals surface area (Å²) in [6.07, 6.45) is 2.31. The lowest BCUT2D eigenvalue weighted by Crippen LogP contribution is -2.43. The lowest BCUT2D eigenvalue weighted by molar-refractivity contribution is -0.131. The monoisotopic (exact) mass is 199 g/mol. The summed E-state index contributed by atoms with van der Waals surface area (Å²) >= 11 is 0. The zero-order chi connectivity index (χ0) is 10.6. The molecule has 0 spiro atoms. The molecule has 1 rings (SSSR count). The minimum absolute atomic E-state index is 0.241. The second-order valence-electron chi connectivity index (χ2n) is 4.09. The Balaban J connectivity index is 2.31. The van der Waals surface area contributed by atoms with Crippen molar-refractivity contribution in [3.63, 3.8) is 0 Å². The highest BCUT2D eigenvalue weighted by Gasteiger charge is 2.20. The molecule has 2 N–H and O–H groups in total. The molecule has 1 heterocycles. The van der Waals surface area contributed by atoms with E-state index in [4.69, 9.17) is 5.73 Å². The van der Waals surface area contributed by atoms with Crippen molar-refractivity contribution in [2.45, 2.75) is 25.8 Å². The summed E-state index contributed by atoms with van der Waals surface area (Å²) < 4.78 is 0. The maximum atomic E-state index is 11.7. The summed E-state index contributed by atoms with van der Waals surface area (Å²) in [7, 11) is 1.95. The molecule has 1 saturated heterocycles. The Labute approximate surface area is 86.0 Å². The van der Waals surface area contributed by atoms with Crippen LogP contribution >= 0.6 is 0 Å². The zero-order valence-corrected chi connectivity index (χ0v) is 9.20. The van der Waals surface area contributed by atoms with Crippen LogP contribution in [0.4, 0.5) is 0 Å². The number of nitrogens with zero attached hydrogens (tertiary/aromatic N) is 2. The van der Waals surface area contributed by atoms with Crippen molar-refractivity contribution >= 4 is 5.91 Å². The van der Waals surface area contributed by atoms with E-state index in [9.17, 15) is 4.79 Å². The van der Waals surface area contributed by atoms with E-state index in [1.165, 1.54) is 0 Å². The maximum Gasteiger partial charge on any atom is 0.236 e. The van der Waals surface area contributed by atoms with Crippen molar-refractivity contribution in [2.24, 2.45) is 5.73 Å². The van der Waals surface area contributed by atoms with E-state index in [1.54, 1.807) is 0 Å². The quantitative estimate of drug-likeness (QED) is 0.687.